The molecule has 3 heterocycles. The molecule has 0 bridgehead atoms. The minimum atomic E-state index is -0.242. The van der Waals surface area contributed by atoms with Gasteiger partial charge in [0.1, 0.15) is 34.9 Å². The van der Waals surface area contributed by atoms with E-state index in [1.165, 1.54) is 0 Å². The average molecular weight is 711 g/mol. The molecule has 0 radical (unpaired) electrons. The summed E-state index contributed by atoms with van der Waals surface area (Å²) < 4.78 is 13.4. The molecule has 0 saturated heterocycles. The lowest BCUT2D eigenvalue weighted by molar-refractivity contribution is 0.409. The van der Waals surface area contributed by atoms with Crippen molar-refractivity contribution in [3.63, 3.8) is 0 Å². The first-order chi connectivity index (χ1) is 27.3. The SMILES string of the molecule is c1ccc(C2N=C(c3cc4c5cccc(N(c6ccccc6)c6ccc7c(c6)oc6ccccc67)c5oc4c4ccccc34)NC(c3ccccc3)N2)cc1. The number of fused-ring (bicyclic) bond motifs is 8. The van der Waals surface area contributed by atoms with E-state index in [1.54, 1.807) is 0 Å². The molecule has 2 N–H and O–H groups in total. The van der Waals surface area contributed by atoms with Crippen LogP contribution in [0.4, 0.5) is 17.1 Å². The van der Waals surface area contributed by atoms with Crippen molar-refractivity contribution < 1.29 is 8.83 Å². The topological polar surface area (TPSA) is 65.9 Å². The fourth-order valence-electron chi connectivity index (χ4n) is 8.15. The number of para-hydroxylation sites is 3. The van der Waals surface area contributed by atoms with Gasteiger partial charge in [-0.25, -0.2) is 4.99 Å². The van der Waals surface area contributed by atoms with Gasteiger partial charge in [0.2, 0.25) is 0 Å². The zero-order valence-electron chi connectivity index (χ0n) is 29.7. The molecule has 1 aliphatic rings. The van der Waals surface area contributed by atoms with Crippen LogP contribution in [-0.4, -0.2) is 5.84 Å². The van der Waals surface area contributed by atoms with Crippen molar-refractivity contribution in [1.29, 1.82) is 0 Å². The first kappa shape index (κ1) is 31.4. The van der Waals surface area contributed by atoms with E-state index >= 15 is 0 Å². The summed E-state index contributed by atoms with van der Waals surface area (Å²) in [7, 11) is 0. The summed E-state index contributed by atoms with van der Waals surface area (Å²) in [6, 6.07) is 63.1. The largest absolute Gasteiger partial charge is 0.456 e. The number of amidine groups is 1. The lowest BCUT2D eigenvalue weighted by Gasteiger charge is -2.32. The Morgan fingerprint density at radius 3 is 1.89 bits per heavy atom. The van der Waals surface area contributed by atoms with Gasteiger partial charge in [-0.2, -0.15) is 0 Å². The molecule has 11 rings (SSSR count). The molecule has 6 heteroatoms. The van der Waals surface area contributed by atoms with Crippen molar-refractivity contribution in [2.75, 3.05) is 4.90 Å². The summed E-state index contributed by atoms with van der Waals surface area (Å²) in [6.45, 7) is 0. The standard InChI is InChI=1S/C49H34N4O2/c1-4-15-31(16-5-1)47-50-48(32-17-6-2-7-18-32)52-49(51-47)41-30-40-39-24-14-25-42(46(39)55-45(40)38-23-11-10-21-35(38)41)53(33-19-8-3-9-20-33)34-27-28-37-36-22-12-13-26-43(36)54-44(37)29-34/h1-30,47-48,50H,(H,51,52). The number of aliphatic imine (C=N–C) groups is 1. The third-order valence-corrected chi connectivity index (χ3v) is 10.7. The Balaban J connectivity index is 1.12. The second-order valence-electron chi connectivity index (χ2n) is 14.0. The fourth-order valence-corrected chi connectivity index (χ4v) is 8.15. The maximum atomic E-state index is 7.04. The number of anilines is 3. The third-order valence-electron chi connectivity index (χ3n) is 10.7. The van der Waals surface area contributed by atoms with Crippen molar-refractivity contribution in [2.24, 2.45) is 4.99 Å². The highest BCUT2D eigenvalue weighted by molar-refractivity contribution is 6.23. The molecule has 0 saturated carbocycles. The van der Waals surface area contributed by atoms with E-state index < -0.39 is 0 Å². The Labute approximate surface area is 317 Å². The van der Waals surface area contributed by atoms with Crippen LogP contribution in [0.1, 0.15) is 29.0 Å². The second-order valence-corrected chi connectivity index (χ2v) is 14.0. The van der Waals surface area contributed by atoms with E-state index in [0.717, 1.165) is 94.2 Å². The number of rotatable bonds is 6. The quantitative estimate of drug-likeness (QED) is 0.180. The Morgan fingerprint density at radius 1 is 0.455 bits per heavy atom. The molecule has 55 heavy (non-hydrogen) atoms. The number of nitrogens with zero attached hydrogens (tertiary/aromatic N) is 2. The van der Waals surface area contributed by atoms with Crippen molar-refractivity contribution in [1.82, 2.24) is 10.6 Å². The summed E-state index contributed by atoms with van der Waals surface area (Å²) in [5, 5.41) is 13.9. The molecule has 10 aromatic rings. The van der Waals surface area contributed by atoms with Crippen molar-refractivity contribution >= 4 is 77.5 Å². The van der Waals surface area contributed by atoms with Crippen LogP contribution in [0.2, 0.25) is 0 Å². The van der Waals surface area contributed by atoms with Crippen molar-refractivity contribution in [3.8, 4) is 0 Å². The maximum Gasteiger partial charge on any atom is 0.159 e. The normalized spacial score (nSPS) is 15.8. The smallest absolute Gasteiger partial charge is 0.159 e. The predicted molar refractivity (Wildman–Crippen MR) is 224 cm³/mol. The molecular weight excluding hydrogens is 677 g/mol. The van der Waals surface area contributed by atoms with E-state index in [0.29, 0.717) is 0 Å². The van der Waals surface area contributed by atoms with E-state index in [-0.39, 0.29) is 12.3 Å². The van der Waals surface area contributed by atoms with Crippen molar-refractivity contribution in [2.45, 2.75) is 12.3 Å². The highest BCUT2D eigenvalue weighted by Crippen LogP contribution is 2.45. The van der Waals surface area contributed by atoms with Gasteiger partial charge in [0.25, 0.3) is 0 Å². The predicted octanol–water partition coefficient (Wildman–Crippen LogP) is 12.4. The number of hydrogen-bond acceptors (Lipinski definition) is 6. The zero-order chi connectivity index (χ0) is 36.3. The van der Waals surface area contributed by atoms with E-state index in [9.17, 15) is 0 Å². The molecule has 8 aromatic carbocycles. The van der Waals surface area contributed by atoms with E-state index in [2.05, 4.69) is 167 Å². The Morgan fingerprint density at radius 2 is 1.09 bits per heavy atom. The Kier molecular flexibility index (Phi) is 7.28. The molecule has 1 aliphatic heterocycles. The average Bonchev–Trinajstić information content (AvgIpc) is 3.83. The first-order valence-corrected chi connectivity index (χ1v) is 18.6. The van der Waals surface area contributed by atoms with Crippen LogP contribution in [0.25, 0.3) is 54.6 Å². The highest BCUT2D eigenvalue weighted by Gasteiger charge is 2.28. The van der Waals surface area contributed by atoms with Gasteiger partial charge < -0.3 is 19.1 Å². The summed E-state index contributed by atoms with van der Waals surface area (Å²) in [4.78, 5) is 7.59. The lowest BCUT2D eigenvalue weighted by atomic mass is 9.98. The first-order valence-electron chi connectivity index (χ1n) is 18.6. The minimum Gasteiger partial charge on any atom is -0.456 e. The fraction of sp³-hybridized carbons (Fsp3) is 0.0408. The summed E-state index contributed by atoms with van der Waals surface area (Å²) >= 11 is 0. The van der Waals surface area contributed by atoms with Gasteiger partial charge in [0.15, 0.2) is 5.58 Å². The van der Waals surface area contributed by atoms with Gasteiger partial charge in [-0.15, -0.1) is 0 Å². The van der Waals surface area contributed by atoms with Crippen molar-refractivity contribution in [3.05, 3.63) is 199 Å². The van der Waals surface area contributed by atoms with Crippen LogP contribution in [0.5, 0.6) is 0 Å². The molecule has 2 aromatic heterocycles. The van der Waals surface area contributed by atoms with Gasteiger partial charge in [-0.3, -0.25) is 5.32 Å². The second kappa shape index (κ2) is 12.8. The van der Waals surface area contributed by atoms with Crippen LogP contribution < -0.4 is 15.5 Å². The number of furan rings is 2. The molecule has 0 spiro atoms. The maximum absolute atomic E-state index is 7.04. The highest BCUT2D eigenvalue weighted by atomic mass is 16.3. The molecule has 0 amide bonds. The van der Waals surface area contributed by atoms with Crippen LogP contribution in [-0.2, 0) is 0 Å². The minimum absolute atomic E-state index is 0.149. The van der Waals surface area contributed by atoms with E-state index in [4.69, 9.17) is 13.8 Å². The summed E-state index contributed by atoms with van der Waals surface area (Å²) in [5.41, 5.74) is 9.56. The van der Waals surface area contributed by atoms with Gasteiger partial charge in [-0.1, -0.05) is 133 Å². The number of nitrogens with one attached hydrogen (secondary N) is 2. The molecule has 2 unspecified atom stereocenters. The van der Waals surface area contributed by atoms with Gasteiger partial charge in [-0.05, 0) is 59.0 Å². The van der Waals surface area contributed by atoms with Crippen LogP contribution in [0, 0.1) is 0 Å². The molecule has 2 atom stereocenters. The Hall–Kier alpha value is -7.15. The molecule has 0 fully saturated rings. The van der Waals surface area contributed by atoms with Crippen LogP contribution in [0.3, 0.4) is 0 Å². The number of benzene rings is 8. The van der Waals surface area contributed by atoms with Gasteiger partial charge in [0.05, 0.1) is 11.4 Å². The molecular formula is C49H34N4O2. The monoisotopic (exact) mass is 710 g/mol. The molecule has 262 valence electrons. The molecule has 0 aliphatic carbocycles. The third kappa shape index (κ3) is 5.26. The zero-order valence-corrected chi connectivity index (χ0v) is 29.7. The van der Waals surface area contributed by atoms with Gasteiger partial charge in [0, 0.05) is 44.2 Å². The van der Waals surface area contributed by atoms with Crippen LogP contribution >= 0.6 is 0 Å². The van der Waals surface area contributed by atoms with Gasteiger partial charge >= 0.3 is 0 Å². The lowest BCUT2D eigenvalue weighted by Crippen LogP contribution is -2.45. The summed E-state index contributed by atoms with van der Waals surface area (Å²) in [5.74, 6) is 0.829. The molecule has 6 nitrogen and oxygen atoms in total. The van der Waals surface area contributed by atoms with Crippen LogP contribution in [0.15, 0.2) is 196 Å². The van der Waals surface area contributed by atoms with E-state index in [1.807, 2.05) is 30.3 Å². The summed E-state index contributed by atoms with van der Waals surface area (Å²) in [6.07, 6.45) is -0.391. The Bertz CT molecular complexity index is 3060. The number of hydrogen-bond donors (Lipinski definition) is 2.